The first-order chi connectivity index (χ1) is 7.70. The molecule has 1 aliphatic heterocycles. The van der Waals surface area contributed by atoms with Crippen LogP contribution >= 0.6 is 0 Å². The van der Waals surface area contributed by atoms with Gasteiger partial charge >= 0.3 is 0 Å². The highest BCUT2D eigenvalue weighted by molar-refractivity contribution is 5.36. The van der Waals surface area contributed by atoms with Crippen LogP contribution in [0.2, 0.25) is 0 Å². The molecule has 2 heterocycles. The molecule has 2 rings (SSSR count). The summed E-state index contributed by atoms with van der Waals surface area (Å²) in [6, 6.07) is 4.18. The van der Waals surface area contributed by atoms with Gasteiger partial charge in [0.1, 0.15) is 11.8 Å². The van der Waals surface area contributed by atoms with Crippen molar-refractivity contribution in [3.8, 4) is 6.07 Å². The van der Waals surface area contributed by atoms with Gasteiger partial charge in [-0.15, -0.1) is 0 Å². The summed E-state index contributed by atoms with van der Waals surface area (Å²) in [5.74, 6) is 0.644. The van der Waals surface area contributed by atoms with Gasteiger partial charge in [-0.05, 0) is 26.0 Å². The van der Waals surface area contributed by atoms with Crippen LogP contribution in [0.3, 0.4) is 0 Å². The van der Waals surface area contributed by atoms with E-state index in [9.17, 15) is 0 Å². The monoisotopic (exact) mass is 217 g/mol. The molecule has 0 saturated carbocycles. The molecule has 1 aromatic rings. The fourth-order valence-electron chi connectivity index (χ4n) is 1.90. The molecule has 84 valence electrons. The quantitative estimate of drug-likeness (QED) is 0.779. The summed E-state index contributed by atoms with van der Waals surface area (Å²) in [5.41, 5.74) is 1.26. The predicted octanol–water partition coefficient (Wildman–Crippen LogP) is 0.455. The largest absolute Gasteiger partial charge is 0.340 e. The van der Waals surface area contributed by atoms with Crippen LogP contribution in [0, 0.1) is 18.3 Å². The third-order valence-corrected chi connectivity index (χ3v) is 2.85. The van der Waals surface area contributed by atoms with E-state index in [0.29, 0.717) is 17.7 Å². The second-order valence-corrected chi connectivity index (χ2v) is 4.06. The van der Waals surface area contributed by atoms with E-state index in [-0.39, 0.29) is 0 Å². The molecule has 1 unspecified atom stereocenters. The van der Waals surface area contributed by atoms with Gasteiger partial charge in [0.2, 0.25) is 5.95 Å². The van der Waals surface area contributed by atoms with E-state index >= 15 is 0 Å². The second-order valence-electron chi connectivity index (χ2n) is 4.06. The maximum Gasteiger partial charge on any atom is 0.226 e. The number of hydrogen-bond acceptors (Lipinski definition) is 5. The zero-order chi connectivity index (χ0) is 11.5. The lowest BCUT2D eigenvalue weighted by Crippen LogP contribution is -2.34. The lowest BCUT2D eigenvalue weighted by Gasteiger charge is -2.23. The van der Waals surface area contributed by atoms with Gasteiger partial charge in [0.15, 0.2) is 0 Å². The number of hydrogen-bond donors (Lipinski definition) is 1. The lowest BCUT2D eigenvalue weighted by atomic mass is 10.2. The van der Waals surface area contributed by atoms with Crippen molar-refractivity contribution in [1.29, 1.82) is 5.26 Å². The third-order valence-electron chi connectivity index (χ3n) is 2.85. The van der Waals surface area contributed by atoms with Gasteiger partial charge in [-0.3, -0.25) is 0 Å². The van der Waals surface area contributed by atoms with Gasteiger partial charge < -0.3 is 10.2 Å². The van der Waals surface area contributed by atoms with Gasteiger partial charge in [-0.1, -0.05) is 0 Å². The highest BCUT2D eigenvalue weighted by Crippen LogP contribution is 2.14. The number of rotatable bonds is 2. The summed E-state index contributed by atoms with van der Waals surface area (Å²) in [7, 11) is 1.98. The van der Waals surface area contributed by atoms with Crippen molar-refractivity contribution in [1.82, 2.24) is 15.3 Å². The van der Waals surface area contributed by atoms with Crippen molar-refractivity contribution in [3.05, 3.63) is 17.5 Å². The Morgan fingerprint density at radius 1 is 1.56 bits per heavy atom. The molecule has 0 aromatic carbocycles. The zero-order valence-electron chi connectivity index (χ0n) is 9.56. The molecule has 16 heavy (non-hydrogen) atoms. The molecule has 1 saturated heterocycles. The van der Waals surface area contributed by atoms with E-state index < -0.39 is 0 Å². The second kappa shape index (κ2) is 4.45. The average Bonchev–Trinajstić information content (AvgIpc) is 2.80. The van der Waals surface area contributed by atoms with E-state index in [0.717, 1.165) is 25.2 Å². The van der Waals surface area contributed by atoms with Gasteiger partial charge in [0.25, 0.3) is 0 Å². The van der Waals surface area contributed by atoms with Crippen LogP contribution in [0.15, 0.2) is 6.07 Å². The summed E-state index contributed by atoms with van der Waals surface area (Å²) in [4.78, 5) is 10.6. The van der Waals surface area contributed by atoms with Crippen molar-refractivity contribution in [2.24, 2.45) is 0 Å². The van der Waals surface area contributed by atoms with Crippen LogP contribution in [-0.4, -0.2) is 36.1 Å². The molecule has 0 spiro atoms. The molecule has 5 heteroatoms. The summed E-state index contributed by atoms with van der Waals surface area (Å²) in [5, 5.41) is 12.2. The molecule has 1 fully saturated rings. The SMILES string of the molecule is Cc1cc(C#N)nc(N(C)C2CCNC2)n1. The number of nitriles is 1. The van der Waals surface area contributed by atoms with E-state index in [2.05, 4.69) is 21.4 Å². The molecule has 1 atom stereocenters. The van der Waals surface area contributed by atoms with Crippen LogP contribution in [0.25, 0.3) is 0 Å². The molecule has 5 nitrogen and oxygen atoms in total. The van der Waals surface area contributed by atoms with Gasteiger partial charge in [0.05, 0.1) is 0 Å². The smallest absolute Gasteiger partial charge is 0.226 e. The minimum atomic E-state index is 0.424. The third kappa shape index (κ3) is 2.12. The lowest BCUT2D eigenvalue weighted by molar-refractivity contribution is 0.666. The molecule has 0 bridgehead atoms. The maximum absolute atomic E-state index is 8.86. The summed E-state index contributed by atoms with van der Waals surface area (Å²) < 4.78 is 0. The van der Waals surface area contributed by atoms with Crippen molar-refractivity contribution >= 4 is 5.95 Å². The van der Waals surface area contributed by atoms with Crippen molar-refractivity contribution in [3.63, 3.8) is 0 Å². The summed E-state index contributed by atoms with van der Waals surface area (Å²) in [6.45, 7) is 3.87. The number of aromatic nitrogens is 2. The molecule has 1 aliphatic rings. The Hall–Kier alpha value is -1.67. The fraction of sp³-hybridized carbons (Fsp3) is 0.545. The van der Waals surface area contributed by atoms with Crippen molar-refractivity contribution < 1.29 is 0 Å². The first kappa shape index (κ1) is 10.8. The first-order valence-corrected chi connectivity index (χ1v) is 5.40. The van der Waals surface area contributed by atoms with E-state index in [1.54, 1.807) is 6.07 Å². The molecule has 0 amide bonds. The Labute approximate surface area is 95.1 Å². The van der Waals surface area contributed by atoms with E-state index in [4.69, 9.17) is 5.26 Å². The fourth-order valence-corrected chi connectivity index (χ4v) is 1.90. The number of likely N-dealkylation sites (N-methyl/N-ethyl adjacent to an activating group) is 1. The molecule has 1 aromatic heterocycles. The standard InChI is InChI=1S/C11H15N5/c1-8-5-9(6-12)15-11(14-8)16(2)10-3-4-13-7-10/h5,10,13H,3-4,7H2,1-2H3. The number of aryl methyl sites for hydroxylation is 1. The normalized spacial score (nSPS) is 19.4. The topological polar surface area (TPSA) is 64.8 Å². The summed E-state index contributed by atoms with van der Waals surface area (Å²) >= 11 is 0. The first-order valence-electron chi connectivity index (χ1n) is 5.40. The van der Waals surface area contributed by atoms with Crippen LogP contribution < -0.4 is 10.2 Å². The molecule has 1 N–H and O–H groups in total. The van der Waals surface area contributed by atoms with E-state index in [1.165, 1.54) is 0 Å². The molecule has 0 aliphatic carbocycles. The van der Waals surface area contributed by atoms with Crippen molar-refractivity contribution in [2.45, 2.75) is 19.4 Å². The number of nitrogens with one attached hydrogen (secondary N) is 1. The van der Waals surface area contributed by atoms with Gasteiger partial charge in [0, 0.05) is 25.3 Å². The average molecular weight is 217 g/mol. The van der Waals surface area contributed by atoms with Gasteiger partial charge in [-0.25, -0.2) is 9.97 Å². The Kier molecular flexibility index (Phi) is 3.02. The van der Waals surface area contributed by atoms with E-state index in [1.807, 2.05) is 18.9 Å². The Morgan fingerprint density at radius 3 is 3.00 bits per heavy atom. The van der Waals surface area contributed by atoms with Crippen LogP contribution in [0.1, 0.15) is 17.8 Å². The zero-order valence-corrected chi connectivity index (χ0v) is 9.56. The maximum atomic E-state index is 8.86. The van der Waals surface area contributed by atoms with Crippen LogP contribution in [0.4, 0.5) is 5.95 Å². The minimum absolute atomic E-state index is 0.424. The Balaban J connectivity index is 2.25. The van der Waals surface area contributed by atoms with Crippen LogP contribution in [-0.2, 0) is 0 Å². The Morgan fingerprint density at radius 2 is 2.38 bits per heavy atom. The van der Waals surface area contributed by atoms with Crippen LogP contribution in [0.5, 0.6) is 0 Å². The number of anilines is 1. The minimum Gasteiger partial charge on any atom is -0.340 e. The highest BCUT2D eigenvalue weighted by Gasteiger charge is 2.21. The highest BCUT2D eigenvalue weighted by atomic mass is 15.3. The number of nitrogens with zero attached hydrogens (tertiary/aromatic N) is 4. The predicted molar refractivity (Wildman–Crippen MR) is 61.2 cm³/mol. The summed E-state index contributed by atoms with van der Waals surface area (Å²) in [6.07, 6.45) is 1.09. The molecule has 0 radical (unpaired) electrons. The molecular formula is C11H15N5. The molecular weight excluding hydrogens is 202 g/mol. The Bertz CT molecular complexity index is 417. The van der Waals surface area contributed by atoms with Gasteiger partial charge in [-0.2, -0.15) is 5.26 Å². The van der Waals surface area contributed by atoms with Crippen molar-refractivity contribution in [2.75, 3.05) is 25.0 Å².